The molecule has 6 heteroatoms. The molecular weight excluding hydrogens is 354 g/mol. The Hall–Kier alpha value is -3.28. The summed E-state index contributed by atoms with van der Waals surface area (Å²) in [5.74, 6) is 0.376. The number of aromatic amines is 1. The maximum absolute atomic E-state index is 13.0. The first-order valence-corrected chi connectivity index (χ1v) is 9.46. The van der Waals surface area contributed by atoms with Gasteiger partial charge < -0.3 is 20.4 Å². The lowest BCUT2D eigenvalue weighted by molar-refractivity contribution is -0.128. The minimum atomic E-state index is -0.647. The molecule has 0 saturated carbocycles. The van der Waals surface area contributed by atoms with Crippen LogP contribution in [0.25, 0.3) is 10.9 Å². The molecule has 144 valence electrons. The lowest BCUT2D eigenvalue weighted by Gasteiger charge is -2.28. The Balaban J connectivity index is 1.54. The summed E-state index contributed by atoms with van der Waals surface area (Å²) in [6.07, 6.45) is 3.01. The second-order valence-electron chi connectivity index (χ2n) is 7.05. The summed E-state index contributed by atoms with van der Waals surface area (Å²) in [6.45, 7) is 1.98. The minimum Gasteiger partial charge on any atom is -0.493 e. The minimum absolute atomic E-state index is 0.128. The number of amides is 2. The van der Waals surface area contributed by atoms with Crippen molar-refractivity contribution in [3.63, 3.8) is 0 Å². The van der Waals surface area contributed by atoms with Gasteiger partial charge in [-0.3, -0.25) is 9.59 Å². The Kier molecular flexibility index (Phi) is 5.02. The molecule has 6 nitrogen and oxygen atoms in total. The summed E-state index contributed by atoms with van der Waals surface area (Å²) in [5, 5.41) is 6.95. The normalized spacial score (nSPS) is 16.7. The molecule has 1 aromatic heterocycles. The molecule has 0 aliphatic carbocycles. The van der Waals surface area contributed by atoms with E-state index in [1.165, 1.54) is 6.92 Å². The van der Waals surface area contributed by atoms with Crippen molar-refractivity contribution >= 4 is 22.7 Å². The third kappa shape index (κ3) is 3.71. The Bertz CT molecular complexity index is 1010. The summed E-state index contributed by atoms with van der Waals surface area (Å²) in [6, 6.07) is 14.9. The highest BCUT2D eigenvalue weighted by Gasteiger charge is 2.27. The summed E-state index contributed by atoms with van der Waals surface area (Å²) >= 11 is 0. The van der Waals surface area contributed by atoms with Gasteiger partial charge in [0.2, 0.25) is 11.8 Å². The highest BCUT2D eigenvalue weighted by atomic mass is 16.5. The maximum Gasteiger partial charge on any atom is 0.243 e. The molecule has 4 rings (SSSR count). The van der Waals surface area contributed by atoms with Gasteiger partial charge in [-0.05, 0) is 17.7 Å². The van der Waals surface area contributed by atoms with E-state index in [1.807, 2.05) is 54.7 Å². The predicted molar refractivity (Wildman–Crippen MR) is 107 cm³/mol. The smallest absolute Gasteiger partial charge is 0.243 e. The van der Waals surface area contributed by atoms with Gasteiger partial charge in [0.1, 0.15) is 11.8 Å². The first-order valence-electron chi connectivity index (χ1n) is 9.46. The van der Waals surface area contributed by atoms with Crippen molar-refractivity contribution in [2.75, 3.05) is 6.61 Å². The second kappa shape index (κ2) is 7.76. The van der Waals surface area contributed by atoms with Gasteiger partial charge in [0.25, 0.3) is 0 Å². The number of nitrogens with one attached hydrogen (secondary N) is 3. The zero-order valence-corrected chi connectivity index (χ0v) is 15.7. The van der Waals surface area contributed by atoms with Gasteiger partial charge in [0.05, 0.1) is 12.6 Å². The van der Waals surface area contributed by atoms with Crippen molar-refractivity contribution < 1.29 is 14.3 Å². The van der Waals surface area contributed by atoms with Crippen LogP contribution < -0.4 is 15.4 Å². The lowest BCUT2D eigenvalue weighted by Crippen LogP contribution is -2.48. The average Bonchev–Trinajstić information content (AvgIpc) is 3.10. The molecule has 0 saturated heterocycles. The quantitative estimate of drug-likeness (QED) is 0.639. The van der Waals surface area contributed by atoms with Gasteiger partial charge in [0, 0.05) is 42.4 Å². The SMILES string of the molecule is CC(=O)N[C@@H](Cc1c[nH]c2ccccc12)C(=O)N[C@@H]1CCOc2ccccc21. The maximum atomic E-state index is 13.0. The molecule has 3 N–H and O–H groups in total. The predicted octanol–water partition coefficient (Wildman–Crippen LogP) is 2.86. The zero-order chi connectivity index (χ0) is 19.5. The van der Waals surface area contributed by atoms with E-state index in [0.29, 0.717) is 19.4 Å². The molecule has 1 aliphatic rings. The Morgan fingerprint density at radius 3 is 2.82 bits per heavy atom. The number of ether oxygens (including phenoxy) is 1. The summed E-state index contributed by atoms with van der Waals surface area (Å²) < 4.78 is 5.67. The van der Waals surface area contributed by atoms with Gasteiger partial charge in [-0.1, -0.05) is 36.4 Å². The molecule has 2 amide bonds. The van der Waals surface area contributed by atoms with Crippen molar-refractivity contribution in [2.45, 2.75) is 31.8 Å². The van der Waals surface area contributed by atoms with Crippen molar-refractivity contribution in [1.29, 1.82) is 0 Å². The third-order valence-electron chi connectivity index (χ3n) is 5.07. The standard InChI is InChI=1S/C22H23N3O3/c1-14(26)24-20(12-15-13-23-18-8-4-2-6-16(15)18)22(27)25-19-10-11-28-21-9-5-3-7-17(19)21/h2-9,13,19-20,23H,10-12H2,1H3,(H,24,26)(H,25,27)/t19-,20+/m1/s1. The van der Waals surface area contributed by atoms with Gasteiger partial charge >= 0.3 is 0 Å². The molecular formula is C22H23N3O3. The molecule has 0 fully saturated rings. The van der Waals surface area contributed by atoms with Gasteiger partial charge in [-0.25, -0.2) is 0 Å². The summed E-state index contributed by atoms with van der Waals surface area (Å²) in [7, 11) is 0. The number of aromatic nitrogens is 1. The number of H-pyrrole nitrogens is 1. The third-order valence-corrected chi connectivity index (χ3v) is 5.07. The van der Waals surface area contributed by atoms with Crippen LogP contribution in [0.15, 0.2) is 54.7 Å². The fourth-order valence-corrected chi connectivity index (χ4v) is 3.74. The van der Waals surface area contributed by atoms with E-state index >= 15 is 0 Å². The van der Waals surface area contributed by atoms with Crippen LogP contribution in [0.1, 0.15) is 30.5 Å². The molecule has 0 spiro atoms. The molecule has 1 aliphatic heterocycles. The number of hydrogen-bond acceptors (Lipinski definition) is 3. The molecule has 2 atom stereocenters. The molecule has 0 bridgehead atoms. The average molecular weight is 377 g/mol. The first kappa shape index (κ1) is 18.1. The number of rotatable bonds is 5. The monoisotopic (exact) mass is 377 g/mol. The van der Waals surface area contributed by atoms with Crippen molar-refractivity contribution in [2.24, 2.45) is 0 Å². The van der Waals surface area contributed by atoms with E-state index in [2.05, 4.69) is 15.6 Å². The summed E-state index contributed by atoms with van der Waals surface area (Å²) in [5.41, 5.74) is 2.98. The van der Waals surface area contributed by atoms with Gasteiger partial charge in [-0.15, -0.1) is 0 Å². The topological polar surface area (TPSA) is 83.2 Å². The highest BCUT2D eigenvalue weighted by molar-refractivity contribution is 5.89. The molecule has 2 heterocycles. The lowest BCUT2D eigenvalue weighted by atomic mass is 9.99. The van der Waals surface area contributed by atoms with E-state index in [-0.39, 0.29) is 17.9 Å². The Morgan fingerprint density at radius 1 is 1.18 bits per heavy atom. The van der Waals surface area contributed by atoms with Crippen molar-refractivity contribution in [3.8, 4) is 5.75 Å². The number of para-hydroxylation sites is 2. The van der Waals surface area contributed by atoms with Crippen molar-refractivity contribution in [1.82, 2.24) is 15.6 Å². The second-order valence-corrected chi connectivity index (χ2v) is 7.05. The molecule has 28 heavy (non-hydrogen) atoms. The largest absolute Gasteiger partial charge is 0.493 e. The molecule has 0 radical (unpaired) electrons. The van der Waals surface area contributed by atoms with E-state index in [9.17, 15) is 9.59 Å². The number of fused-ring (bicyclic) bond motifs is 2. The fraction of sp³-hybridized carbons (Fsp3) is 0.273. The van der Waals surface area contributed by atoms with Crippen LogP contribution >= 0.6 is 0 Å². The van der Waals surface area contributed by atoms with Crippen LogP contribution in [-0.4, -0.2) is 29.4 Å². The zero-order valence-electron chi connectivity index (χ0n) is 15.7. The van der Waals surface area contributed by atoms with Crippen LogP contribution in [-0.2, 0) is 16.0 Å². The Labute approximate surface area is 163 Å². The van der Waals surface area contributed by atoms with Crippen LogP contribution in [0.4, 0.5) is 0 Å². The van der Waals surface area contributed by atoms with Gasteiger partial charge in [-0.2, -0.15) is 0 Å². The summed E-state index contributed by atoms with van der Waals surface area (Å²) in [4.78, 5) is 28.0. The fourth-order valence-electron chi connectivity index (χ4n) is 3.74. The van der Waals surface area contributed by atoms with Crippen molar-refractivity contribution in [3.05, 3.63) is 65.9 Å². The number of benzene rings is 2. The van der Waals surface area contributed by atoms with E-state index in [0.717, 1.165) is 27.8 Å². The van der Waals surface area contributed by atoms with Crippen LogP contribution in [0.2, 0.25) is 0 Å². The number of carbonyl (C=O) groups excluding carboxylic acids is 2. The van der Waals surface area contributed by atoms with E-state index < -0.39 is 6.04 Å². The van der Waals surface area contributed by atoms with E-state index in [4.69, 9.17) is 4.74 Å². The number of carbonyl (C=O) groups is 2. The first-order chi connectivity index (χ1) is 13.6. The van der Waals surface area contributed by atoms with Crippen LogP contribution in [0.3, 0.4) is 0 Å². The number of hydrogen-bond donors (Lipinski definition) is 3. The Morgan fingerprint density at radius 2 is 1.96 bits per heavy atom. The van der Waals surface area contributed by atoms with E-state index in [1.54, 1.807) is 0 Å². The molecule has 3 aromatic rings. The molecule has 2 aromatic carbocycles. The molecule has 0 unspecified atom stereocenters. The van der Waals surface area contributed by atoms with Crippen LogP contribution in [0, 0.1) is 0 Å². The highest BCUT2D eigenvalue weighted by Crippen LogP contribution is 2.31. The van der Waals surface area contributed by atoms with Crippen LogP contribution in [0.5, 0.6) is 5.75 Å². The van der Waals surface area contributed by atoms with Gasteiger partial charge in [0.15, 0.2) is 0 Å².